The van der Waals surface area contributed by atoms with Crippen molar-refractivity contribution in [3.8, 4) is 0 Å². The number of nitrogens with zero attached hydrogens (tertiary/aromatic N) is 3. The van der Waals surface area contributed by atoms with Gasteiger partial charge >= 0.3 is 17.1 Å². The number of fused-ring (bicyclic) bond motifs is 2. The van der Waals surface area contributed by atoms with Crippen molar-refractivity contribution in [2.24, 2.45) is 0 Å². The van der Waals surface area contributed by atoms with E-state index in [2.05, 4.69) is 70.3 Å². The van der Waals surface area contributed by atoms with Gasteiger partial charge in [0.25, 0.3) is 5.56 Å². The van der Waals surface area contributed by atoms with Crippen LogP contribution in [0.15, 0.2) is 17.4 Å². The van der Waals surface area contributed by atoms with Crippen molar-refractivity contribution in [3.05, 3.63) is 23.0 Å². The van der Waals surface area contributed by atoms with E-state index in [1.807, 2.05) is 4.57 Å². The van der Waals surface area contributed by atoms with Crippen LogP contribution >= 0.6 is 0 Å². The Hall–Kier alpha value is -1.38. The van der Waals surface area contributed by atoms with Gasteiger partial charge in [-0.1, -0.05) is 55.4 Å². The number of aromatic amines is 1. The molecule has 0 bridgehead atoms. The topological polar surface area (TPSA) is 100 Å². The lowest BCUT2D eigenvalue weighted by Crippen LogP contribution is -2.65. The number of ether oxygens (including phenoxy) is 1. The fourth-order valence-corrected chi connectivity index (χ4v) is 16.6. The van der Waals surface area contributed by atoms with Crippen LogP contribution in [0.4, 0.5) is 0 Å². The van der Waals surface area contributed by atoms with Crippen molar-refractivity contribution in [2.45, 2.75) is 102 Å². The van der Waals surface area contributed by atoms with E-state index in [9.17, 15) is 4.79 Å². The molecule has 0 amide bonds. The average Bonchev–Trinajstić information content (AvgIpc) is 3.32. The zero-order valence-electron chi connectivity index (χ0n) is 21.0. The molecule has 0 spiro atoms. The Labute approximate surface area is 197 Å². The molecule has 3 atom stereocenters. The van der Waals surface area contributed by atoms with Gasteiger partial charge in [-0.2, -0.15) is 0 Å². The highest BCUT2D eigenvalue weighted by Crippen LogP contribution is 2.48. The van der Waals surface area contributed by atoms with Crippen LogP contribution in [-0.2, 0) is 17.7 Å². The summed E-state index contributed by atoms with van der Waals surface area (Å²) in [5, 5.41) is 0. The number of aromatic nitrogens is 4. The number of nitrogens with one attached hydrogen (secondary N) is 1. The summed E-state index contributed by atoms with van der Waals surface area (Å²) in [6.45, 7) is 18.2. The first-order valence-electron chi connectivity index (χ1n) is 12.1. The van der Waals surface area contributed by atoms with Crippen molar-refractivity contribution in [2.75, 3.05) is 6.61 Å². The van der Waals surface area contributed by atoms with Crippen LogP contribution in [0.3, 0.4) is 0 Å². The average molecular weight is 495 g/mol. The van der Waals surface area contributed by atoms with Crippen LogP contribution in [-0.4, -0.2) is 55.5 Å². The monoisotopic (exact) mass is 494 g/mol. The predicted molar refractivity (Wildman–Crippen MR) is 130 cm³/mol. The van der Waals surface area contributed by atoms with E-state index in [0.29, 0.717) is 24.2 Å². The molecule has 9 nitrogen and oxygen atoms in total. The largest absolute Gasteiger partial charge is 0.414 e. The molecule has 11 heteroatoms. The zero-order chi connectivity index (χ0) is 24.1. The fraction of sp³-hybridized carbons (Fsp3) is 0.773. The molecular formula is C22H38N4O5Si2. The maximum atomic E-state index is 12.1. The minimum Gasteiger partial charge on any atom is -0.414 e. The number of hydrogen-bond donors (Lipinski definition) is 1. The highest BCUT2D eigenvalue weighted by molar-refractivity contribution is 6.83. The van der Waals surface area contributed by atoms with Gasteiger partial charge in [0, 0.05) is 6.42 Å². The summed E-state index contributed by atoms with van der Waals surface area (Å²) in [6, 6.07) is 0. The summed E-state index contributed by atoms with van der Waals surface area (Å²) in [5.74, 6) is 0. The summed E-state index contributed by atoms with van der Waals surface area (Å²) in [7, 11) is -5.28. The lowest BCUT2D eigenvalue weighted by atomic mass is 10.2. The third-order valence-corrected chi connectivity index (χ3v) is 17.5. The molecule has 4 heterocycles. The van der Waals surface area contributed by atoms with E-state index in [1.54, 1.807) is 6.33 Å². The minimum atomic E-state index is -2.68. The first-order valence-corrected chi connectivity index (χ1v) is 16.0. The van der Waals surface area contributed by atoms with E-state index in [1.165, 1.54) is 6.33 Å². The summed E-state index contributed by atoms with van der Waals surface area (Å²) in [6.07, 6.45) is 2.95. The molecule has 33 heavy (non-hydrogen) atoms. The van der Waals surface area contributed by atoms with E-state index in [0.717, 1.165) is 0 Å². The van der Waals surface area contributed by atoms with Gasteiger partial charge in [0.1, 0.15) is 12.3 Å². The lowest BCUT2D eigenvalue weighted by molar-refractivity contribution is -0.0544. The maximum Gasteiger partial charge on any atom is 0.335 e. The minimum absolute atomic E-state index is 0.155. The second-order valence-corrected chi connectivity index (χ2v) is 19.4. The van der Waals surface area contributed by atoms with Gasteiger partial charge in [-0.3, -0.25) is 9.36 Å². The second kappa shape index (κ2) is 9.01. The smallest absolute Gasteiger partial charge is 0.335 e. The Morgan fingerprint density at radius 2 is 1.61 bits per heavy atom. The molecule has 2 aliphatic heterocycles. The fourth-order valence-electron chi connectivity index (χ4n) is 5.38. The third-order valence-electron chi connectivity index (χ3n) is 7.20. The molecule has 2 saturated heterocycles. The zero-order valence-corrected chi connectivity index (χ0v) is 23.0. The highest BCUT2D eigenvalue weighted by Gasteiger charge is 2.60. The van der Waals surface area contributed by atoms with Gasteiger partial charge in [0.15, 0.2) is 11.2 Å². The molecular weight excluding hydrogens is 456 g/mol. The number of hydrogen-bond acceptors (Lipinski definition) is 7. The van der Waals surface area contributed by atoms with Gasteiger partial charge in [-0.25, -0.2) is 9.97 Å². The third kappa shape index (κ3) is 4.06. The van der Waals surface area contributed by atoms with E-state index < -0.39 is 17.1 Å². The second-order valence-electron chi connectivity index (χ2n) is 10.6. The summed E-state index contributed by atoms with van der Waals surface area (Å²) in [4.78, 5) is 23.3. The van der Waals surface area contributed by atoms with Crippen LogP contribution in [0.25, 0.3) is 11.2 Å². The molecule has 0 saturated carbocycles. The van der Waals surface area contributed by atoms with E-state index in [4.69, 9.17) is 17.7 Å². The van der Waals surface area contributed by atoms with Gasteiger partial charge in [0.05, 0.1) is 25.4 Å². The van der Waals surface area contributed by atoms with E-state index >= 15 is 0 Å². The molecule has 0 unspecified atom stereocenters. The highest BCUT2D eigenvalue weighted by atomic mass is 28.5. The molecule has 2 fully saturated rings. The van der Waals surface area contributed by atoms with Gasteiger partial charge in [-0.15, -0.1) is 0 Å². The van der Waals surface area contributed by atoms with Gasteiger partial charge < -0.3 is 22.7 Å². The molecule has 2 aliphatic rings. The maximum absolute atomic E-state index is 12.1. The molecule has 0 aliphatic carbocycles. The Morgan fingerprint density at radius 3 is 2.21 bits per heavy atom. The van der Waals surface area contributed by atoms with Crippen LogP contribution in [0.2, 0.25) is 22.2 Å². The van der Waals surface area contributed by atoms with Crippen molar-refractivity contribution >= 4 is 28.3 Å². The summed E-state index contributed by atoms with van der Waals surface area (Å²) in [5.41, 5.74) is 1.66. The van der Waals surface area contributed by atoms with Crippen molar-refractivity contribution in [1.29, 1.82) is 0 Å². The molecule has 184 valence electrons. The molecule has 4 rings (SSSR count). The van der Waals surface area contributed by atoms with Crippen LogP contribution < -0.4 is 5.56 Å². The Balaban J connectivity index is 1.73. The van der Waals surface area contributed by atoms with E-state index in [-0.39, 0.29) is 46.2 Å². The summed E-state index contributed by atoms with van der Waals surface area (Å²) >= 11 is 0. The Bertz CT molecular complexity index is 1020. The molecule has 0 aromatic carbocycles. The quantitative estimate of drug-likeness (QED) is 0.616. The van der Waals surface area contributed by atoms with Crippen LogP contribution in [0.1, 0.15) is 68.0 Å². The Kier molecular flexibility index (Phi) is 6.75. The number of imidazole rings is 1. The summed E-state index contributed by atoms with van der Waals surface area (Å²) < 4.78 is 29.4. The normalized spacial score (nSPS) is 27.5. The van der Waals surface area contributed by atoms with Crippen molar-refractivity contribution in [3.63, 3.8) is 0 Å². The molecule has 0 radical (unpaired) electrons. The van der Waals surface area contributed by atoms with Crippen LogP contribution in [0, 0.1) is 0 Å². The predicted octanol–water partition coefficient (Wildman–Crippen LogP) is 4.36. The lowest BCUT2D eigenvalue weighted by Gasteiger charge is -2.51. The number of H-pyrrole nitrogens is 1. The van der Waals surface area contributed by atoms with Crippen LogP contribution in [0.5, 0.6) is 0 Å². The molecule has 1 N–H and O–H groups in total. The SMILES string of the molecule is CC(C)[Si]1(C(C)C)OC[C@H]2O[C@@H](n3cnc4c(=O)[nH]cnc43)C[C@@H]2O[Si](C(C)C)(C(C)C)O1. The first kappa shape index (κ1) is 24.7. The van der Waals surface area contributed by atoms with Crippen molar-refractivity contribution < 1.29 is 17.7 Å². The molecule has 2 aromatic heterocycles. The standard InChI is InChI=1S/C22H38N4O5Si2/c1-13(2)32(14(3)4)28-10-18-17(30-33(31-32,15(5)6)16(7)8)9-19(29-18)26-12-25-20-21(26)23-11-24-22(20)27/h11-19H,9-10H2,1-8H3,(H,23,24,27)/t17-,18+,19+/m0/s1. The van der Waals surface area contributed by atoms with Gasteiger partial charge in [0.2, 0.25) is 0 Å². The molecule has 2 aromatic rings. The number of rotatable bonds is 5. The first-order chi connectivity index (χ1) is 15.5. The Morgan fingerprint density at radius 1 is 0.970 bits per heavy atom. The van der Waals surface area contributed by atoms with Crippen molar-refractivity contribution in [1.82, 2.24) is 19.5 Å². The van der Waals surface area contributed by atoms with Gasteiger partial charge in [-0.05, 0) is 22.2 Å².